The third kappa shape index (κ3) is 10.9. The number of hydrogen-bond acceptors (Lipinski definition) is 1. The van der Waals surface area contributed by atoms with Crippen molar-refractivity contribution in [2.24, 2.45) is 0 Å². The van der Waals surface area contributed by atoms with Crippen molar-refractivity contribution in [3.63, 3.8) is 0 Å². The first kappa shape index (κ1) is 21.2. The molecule has 0 amide bonds. The zero-order valence-electron chi connectivity index (χ0n) is 16.1. The summed E-state index contributed by atoms with van der Waals surface area (Å²) in [5.41, 5.74) is 2.44. The minimum atomic E-state index is 0.175. The standard InChI is InChI=1S/C23H40O/c1-2-3-4-5-6-7-8-9-10-11-12-13-14-15-18-22-19-16-17-20-23(22)21-24/h16-17,19-20,24H,2-15,18,21H2,1H3. The van der Waals surface area contributed by atoms with Crippen molar-refractivity contribution in [1.29, 1.82) is 0 Å². The van der Waals surface area contributed by atoms with Crippen molar-refractivity contribution in [3.05, 3.63) is 35.4 Å². The second-order valence-corrected chi connectivity index (χ2v) is 7.27. The Kier molecular flexibility index (Phi) is 13.9. The molecule has 0 radical (unpaired) electrons. The van der Waals surface area contributed by atoms with Crippen LogP contribution in [0.2, 0.25) is 0 Å². The first-order chi connectivity index (χ1) is 11.9. The number of aliphatic hydroxyl groups is 1. The number of unbranched alkanes of at least 4 members (excludes halogenated alkanes) is 13. The molecule has 0 aliphatic rings. The molecule has 1 nitrogen and oxygen atoms in total. The van der Waals surface area contributed by atoms with E-state index in [4.69, 9.17) is 0 Å². The Labute approximate surface area is 150 Å². The molecular weight excluding hydrogens is 292 g/mol. The molecule has 0 bridgehead atoms. The minimum absolute atomic E-state index is 0.175. The van der Waals surface area contributed by atoms with E-state index >= 15 is 0 Å². The van der Waals surface area contributed by atoms with Crippen molar-refractivity contribution in [1.82, 2.24) is 0 Å². The van der Waals surface area contributed by atoms with Gasteiger partial charge in [0.05, 0.1) is 6.61 Å². The molecule has 1 aromatic carbocycles. The second-order valence-electron chi connectivity index (χ2n) is 7.27. The Morgan fingerprint density at radius 3 is 1.46 bits per heavy atom. The quantitative estimate of drug-likeness (QED) is 0.317. The molecule has 0 unspecified atom stereocenters. The van der Waals surface area contributed by atoms with E-state index in [1.807, 2.05) is 12.1 Å². The van der Waals surface area contributed by atoms with E-state index in [9.17, 15) is 5.11 Å². The van der Waals surface area contributed by atoms with Gasteiger partial charge in [0.2, 0.25) is 0 Å². The van der Waals surface area contributed by atoms with Crippen LogP contribution in [0.3, 0.4) is 0 Å². The molecule has 0 fully saturated rings. The van der Waals surface area contributed by atoms with Crippen LogP contribution in [-0.2, 0) is 13.0 Å². The first-order valence-electron chi connectivity index (χ1n) is 10.6. The average molecular weight is 333 g/mol. The van der Waals surface area contributed by atoms with Crippen LogP contribution in [0.4, 0.5) is 0 Å². The molecule has 0 aromatic heterocycles. The summed E-state index contributed by atoms with van der Waals surface area (Å²) in [6.07, 6.45) is 20.8. The number of hydrogen-bond donors (Lipinski definition) is 1. The van der Waals surface area contributed by atoms with Crippen molar-refractivity contribution in [3.8, 4) is 0 Å². The normalized spacial score (nSPS) is 11.1. The lowest BCUT2D eigenvalue weighted by molar-refractivity contribution is 0.280. The SMILES string of the molecule is CCCCCCCCCCCCCCCCc1ccccc1CO. The van der Waals surface area contributed by atoms with Gasteiger partial charge in [0.15, 0.2) is 0 Å². The topological polar surface area (TPSA) is 20.2 Å². The van der Waals surface area contributed by atoms with Crippen molar-refractivity contribution in [2.45, 2.75) is 110 Å². The van der Waals surface area contributed by atoms with Gasteiger partial charge in [-0.25, -0.2) is 0 Å². The molecule has 1 heteroatoms. The fraction of sp³-hybridized carbons (Fsp3) is 0.739. The highest BCUT2D eigenvalue weighted by Gasteiger charge is 2.00. The van der Waals surface area contributed by atoms with Crippen molar-refractivity contribution >= 4 is 0 Å². The molecule has 1 aromatic rings. The Bertz CT molecular complexity index is 385. The van der Waals surface area contributed by atoms with Crippen LogP contribution in [0.1, 0.15) is 108 Å². The van der Waals surface area contributed by atoms with Gasteiger partial charge >= 0.3 is 0 Å². The van der Waals surface area contributed by atoms with Gasteiger partial charge in [-0.2, -0.15) is 0 Å². The predicted octanol–water partition coefficient (Wildman–Crippen LogP) is 7.20. The Morgan fingerprint density at radius 2 is 1.00 bits per heavy atom. The van der Waals surface area contributed by atoms with Crippen LogP contribution < -0.4 is 0 Å². The Morgan fingerprint density at radius 1 is 0.583 bits per heavy atom. The summed E-state index contributed by atoms with van der Waals surface area (Å²) >= 11 is 0. The molecule has 0 aliphatic heterocycles. The third-order valence-electron chi connectivity index (χ3n) is 5.09. The summed E-state index contributed by atoms with van der Waals surface area (Å²) in [5, 5.41) is 9.33. The monoisotopic (exact) mass is 332 g/mol. The first-order valence-corrected chi connectivity index (χ1v) is 10.6. The van der Waals surface area contributed by atoms with Gasteiger partial charge < -0.3 is 5.11 Å². The van der Waals surface area contributed by atoms with E-state index in [2.05, 4.69) is 19.1 Å². The maximum absolute atomic E-state index is 9.33. The van der Waals surface area contributed by atoms with Gasteiger partial charge in [0.25, 0.3) is 0 Å². The lowest BCUT2D eigenvalue weighted by Crippen LogP contribution is -1.94. The van der Waals surface area contributed by atoms with Crippen LogP contribution in [0.5, 0.6) is 0 Å². The number of rotatable bonds is 16. The number of benzene rings is 1. The van der Waals surface area contributed by atoms with Gasteiger partial charge in [-0.1, -0.05) is 115 Å². The van der Waals surface area contributed by atoms with E-state index in [-0.39, 0.29) is 6.61 Å². The lowest BCUT2D eigenvalue weighted by atomic mass is 10.0. The molecule has 0 aliphatic carbocycles. The predicted molar refractivity (Wildman–Crippen MR) is 106 cm³/mol. The van der Waals surface area contributed by atoms with E-state index in [1.54, 1.807) is 0 Å². The van der Waals surface area contributed by atoms with Gasteiger partial charge in [0, 0.05) is 0 Å². The fourth-order valence-electron chi connectivity index (χ4n) is 3.47. The second kappa shape index (κ2) is 15.7. The Hall–Kier alpha value is -0.820. The van der Waals surface area contributed by atoms with E-state index < -0.39 is 0 Å². The van der Waals surface area contributed by atoms with Gasteiger partial charge in [0.1, 0.15) is 0 Å². The number of aryl methyl sites for hydroxylation is 1. The summed E-state index contributed by atoms with van der Waals surface area (Å²) in [4.78, 5) is 0. The molecular formula is C23H40O. The van der Waals surface area contributed by atoms with E-state index in [0.717, 1.165) is 12.0 Å². The van der Waals surface area contributed by atoms with Crippen LogP contribution >= 0.6 is 0 Å². The summed E-state index contributed by atoms with van der Waals surface area (Å²) < 4.78 is 0. The van der Waals surface area contributed by atoms with Crippen LogP contribution in [-0.4, -0.2) is 5.11 Å². The molecule has 0 atom stereocenters. The zero-order chi connectivity index (χ0) is 17.3. The smallest absolute Gasteiger partial charge is 0.0684 e. The summed E-state index contributed by atoms with van der Waals surface area (Å²) in [6.45, 7) is 2.46. The largest absolute Gasteiger partial charge is 0.392 e. The molecule has 0 heterocycles. The molecule has 1 rings (SSSR count). The van der Waals surface area contributed by atoms with E-state index in [0.29, 0.717) is 0 Å². The minimum Gasteiger partial charge on any atom is -0.392 e. The molecule has 0 saturated carbocycles. The molecule has 138 valence electrons. The maximum Gasteiger partial charge on any atom is 0.0684 e. The van der Waals surface area contributed by atoms with Crippen LogP contribution in [0, 0.1) is 0 Å². The van der Waals surface area contributed by atoms with Gasteiger partial charge in [-0.05, 0) is 24.0 Å². The molecule has 1 N–H and O–H groups in total. The van der Waals surface area contributed by atoms with Gasteiger partial charge in [-0.15, -0.1) is 0 Å². The van der Waals surface area contributed by atoms with Crippen molar-refractivity contribution in [2.75, 3.05) is 0 Å². The third-order valence-corrected chi connectivity index (χ3v) is 5.09. The molecule has 24 heavy (non-hydrogen) atoms. The van der Waals surface area contributed by atoms with E-state index in [1.165, 1.54) is 95.5 Å². The van der Waals surface area contributed by atoms with Crippen LogP contribution in [0.25, 0.3) is 0 Å². The highest BCUT2D eigenvalue weighted by molar-refractivity contribution is 5.26. The van der Waals surface area contributed by atoms with Crippen LogP contribution in [0.15, 0.2) is 24.3 Å². The lowest BCUT2D eigenvalue weighted by Gasteiger charge is -2.07. The molecule has 0 spiro atoms. The summed E-state index contributed by atoms with van der Waals surface area (Å²) in [7, 11) is 0. The fourth-order valence-corrected chi connectivity index (χ4v) is 3.47. The van der Waals surface area contributed by atoms with Gasteiger partial charge in [-0.3, -0.25) is 0 Å². The Balaban J connectivity index is 1.84. The van der Waals surface area contributed by atoms with Crippen molar-refractivity contribution < 1.29 is 5.11 Å². The average Bonchev–Trinajstić information content (AvgIpc) is 2.62. The zero-order valence-corrected chi connectivity index (χ0v) is 16.1. The molecule has 0 saturated heterocycles. The number of aliphatic hydroxyl groups excluding tert-OH is 1. The highest BCUT2D eigenvalue weighted by Crippen LogP contribution is 2.15. The maximum atomic E-state index is 9.33. The summed E-state index contributed by atoms with van der Waals surface area (Å²) in [6, 6.07) is 8.30. The summed E-state index contributed by atoms with van der Waals surface area (Å²) in [5.74, 6) is 0. The highest BCUT2D eigenvalue weighted by atomic mass is 16.3.